The van der Waals surface area contributed by atoms with Crippen LogP contribution in [-0.4, -0.2) is 48.3 Å². The summed E-state index contributed by atoms with van der Waals surface area (Å²) in [6, 6.07) is 0.620. The van der Waals surface area contributed by atoms with Gasteiger partial charge in [0.1, 0.15) is 0 Å². The average Bonchev–Trinajstić information content (AvgIpc) is 2.28. The summed E-state index contributed by atoms with van der Waals surface area (Å²) in [7, 11) is 2.19. The zero-order valence-electron chi connectivity index (χ0n) is 12.6. The first kappa shape index (κ1) is 16.9. The lowest BCUT2D eigenvalue weighted by Crippen LogP contribution is -2.46. The quantitative estimate of drug-likeness (QED) is 0.652. The van der Waals surface area contributed by atoms with Gasteiger partial charge in [0.25, 0.3) is 0 Å². The first-order valence-electron chi connectivity index (χ1n) is 6.92. The summed E-state index contributed by atoms with van der Waals surface area (Å²) < 4.78 is 0. The molecule has 17 heavy (non-hydrogen) atoms. The first-order valence-corrected chi connectivity index (χ1v) is 6.92. The second kappa shape index (κ2) is 8.06. The lowest BCUT2D eigenvalue weighted by molar-refractivity contribution is 0.151. The zero-order chi connectivity index (χ0) is 13.5. The molecule has 0 saturated heterocycles. The Kier molecular flexibility index (Phi) is 8.01. The van der Waals surface area contributed by atoms with Crippen LogP contribution < -0.4 is 5.32 Å². The highest BCUT2D eigenvalue weighted by Crippen LogP contribution is 2.14. The van der Waals surface area contributed by atoms with Crippen molar-refractivity contribution in [2.45, 2.75) is 59.0 Å². The molecule has 2 atom stereocenters. The standard InChI is InChI=1S/C14H32N2O/c1-7-15-14(5,11-17)9-8-10-16(6)13(4)12(2)3/h12-13,15,17H,7-11H2,1-6H3. The number of rotatable bonds is 9. The van der Waals surface area contributed by atoms with Crippen molar-refractivity contribution in [3.63, 3.8) is 0 Å². The van der Waals surface area contributed by atoms with Crippen molar-refractivity contribution >= 4 is 0 Å². The fraction of sp³-hybridized carbons (Fsp3) is 1.00. The third-order valence-electron chi connectivity index (χ3n) is 3.85. The van der Waals surface area contributed by atoms with Crippen LogP contribution in [0.3, 0.4) is 0 Å². The maximum Gasteiger partial charge on any atom is 0.0610 e. The van der Waals surface area contributed by atoms with Crippen molar-refractivity contribution in [2.75, 3.05) is 26.7 Å². The van der Waals surface area contributed by atoms with Gasteiger partial charge in [0, 0.05) is 11.6 Å². The van der Waals surface area contributed by atoms with Gasteiger partial charge in [0.2, 0.25) is 0 Å². The van der Waals surface area contributed by atoms with Crippen LogP contribution in [0.2, 0.25) is 0 Å². The molecule has 0 bridgehead atoms. The number of nitrogens with zero attached hydrogens (tertiary/aromatic N) is 1. The van der Waals surface area contributed by atoms with E-state index in [1.54, 1.807) is 0 Å². The molecule has 0 radical (unpaired) electrons. The van der Waals surface area contributed by atoms with Crippen molar-refractivity contribution < 1.29 is 5.11 Å². The lowest BCUT2D eigenvalue weighted by Gasteiger charge is -2.31. The molecule has 0 heterocycles. The van der Waals surface area contributed by atoms with Crippen LogP contribution in [-0.2, 0) is 0 Å². The number of nitrogens with one attached hydrogen (secondary N) is 1. The van der Waals surface area contributed by atoms with E-state index in [2.05, 4.69) is 51.9 Å². The van der Waals surface area contributed by atoms with Crippen molar-refractivity contribution in [3.05, 3.63) is 0 Å². The summed E-state index contributed by atoms with van der Waals surface area (Å²) in [5.74, 6) is 0.693. The Bertz CT molecular complexity index is 197. The Morgan fingerprint density at radius 2 is 1.88 bits per heavy atom. The SMILES string of the molecule is CCNC(C)(CO)CCCN(C)C(C)C(C)C. The molecule has 0 aromatic rings. The van der Waals surface area contributed by atoms with E-state index in [0.29, 0.717) is 12.0 Å². The monoisotopic (exact) mass is 244 g/mol. The zero-order valence-corrected chi connectivity index (χ0v) is 12.6. The molecule has 0 rings (SSSR count). The molecule has 0 aromatic carbocycles. The van der Waals surface area contributed by atoms with Gasteiger partial charge in [-0.2, -0.15) is 0 Å². The molecule has 3 heteroatoms. The van der Waals surface area contributed by atoms with Crippen LogP contribution in [0, 0.1) is 5.92 Å². The third-order valence-corrected chi connectivity index (χ3v) is 3.85. The number of hydrogen-bond acceptors (Lipinski definition) is 3. The van der Waals surface area contributed by atoms with Crippen LogP contribution in [0.4, 0.5) is 0 Å². The summed E-state index contributed by atoms with van der Waals surface area (Å²) >= 11 is 0. The Hall–Kier alpha value is -0.120. The predicted molar refractivity (Wildman–Crippen MR) is 75.3 cm³/mol. The Morgan fingerprint density at radius 3 is 2.29 bits per heavy atom. The van der Waals surface area contributed by atoms with Crippen molar-refractivity contribution in [1.29, 1.82) is 0 Å². The maximum atomic E-state index is 9.40. The Balaban J connectivity index is 3.96. The highest BCUT2D eigenvalue weighted by Gasteiger charge is 2.22. The fourth-order valence-corrected chi connectivity index (χ4v) is 2.08. The first-order chi connectivity index (χ1) is 7.86. The normalized spacial score (nSPS) is 17.5. The van der Waals surface area contributed by atoms with Crippen LogP contribution in [0.1, 0.15) is 47.5 Å². The van der Waals surface area contributed by atoms with Gasteiger partial charge in [-0.05, 0) is 52.7 Å². The number of aliphatic hydroxyl groups excluding tert-OH is 1. The fourth-order valence-electron chi connectivity index (χ4n) is 2.08. The smallest absolute Gasteiger partial charge is 0.0610 e. The molecule has 0 saturated carbocycles. The van der Waals surface area contributed by atoms with E-state index >= 15 is 0 Å². The van der Waals surface area contributed by atoms with Gasteiger partial charge >= 0.3 is 0 Å². The summed E-state index contributed by atoms with van der Waals surface area (Å²) in [6.45, 7) is 13.2. The molecular weight excluding hydrogens is 212 g/mol. The highest BCUT2D eigenvalue weighted by molar-refractivity contribution is 4.82. The van der Waals surface area contributed by atoms with E-state index in [-0.39, 0.29) is 12.1 Å². The van der Waals surface area contributed by atoms with E-state index < -0.39 is 0 Å². The predicted octanol–water partition coefficient (Wildman–Crippen LogP) is 2.10. The van der Waals surface area contributed by atoms with Gasteiger partial charge in [-0.1, -0.05) is 20.8 Å². The second-order valence-electron chi connectivity index (χ2n) is 5.82. The second-order valence-corrected chi connectivity index (χ2v) is 5.82. The van der Waals surface area contributed by atoms with Gasteiger partial charge < -0.3 is 15.3 Å². The molecule has 0 amide bonds. The maximum absolute atomic E-state index is 9.40. The minimum absolute atomic E-state index is 0.114. The lowest BCUT2D eigenvalue weighted by atomic mass is 9.96. The summed E-state index contributed by atoms with van der Waals surface area (Å²) in [5, 5.41) is 12.8. The minimum atomic E-state index is -0.114. The van der Waals surface area contributed by atoms with E-state index in [1.807, 2.05) is 0 Å². The van der Waals surface area contributed by atoms with Crippen LogP contribution in [0.15, 0.2) is 0 Å². The number of likely N-dealkylation sites (N-methyl/N-ethyl adjacent to an activating group) is 1. The summed E-state index contributed by atoms with van der Waals surface area (Å²) in [6.07, 6.45) is 2.14. The van der Waals surface area contributed by atoms with Gasteiger partial charge in [-0.15, -0.1) is 0 Å². The number of aliphatic hydroxyl groups is 1. The molecule has 0 fully saturated rings. The Morgan fingerprint density at radius 1 is 1.29 bits per heavy atom. The molecule has 0 aliphatic carbocycles. The average molecular weight is 244 g/mol. The summed E-state index contributed by atoms with van der Waals surface area (Å²) in [5.41, 5.74) is -0.114. The molecule has 0 aliphatic rings. The third kappa shape index (κ3) is 6.39. The molecule has 0 aliphatic heterocycles. The van der Waals surface area contributed by atoms with Crippen molar-refractivity contribution in [3.8, 4) is 0 Å². The van der Waals surface area contributed by atoms with Gasteiger partial charge in [0.15, 0.2) is 0 Å². The number of hydrogen-bond donors (Lipinski definition) is 2. The summed E-state index contributed by atoms with van der Waals surface area (Å²) in [4.78, 5) is 2.41. The Labute approximate surface area is 108 Å². The molecule has 0 spiro atoms. The van der Waals surface area contributed by atoms with Gasteiger partial charge in [-0.3, -0.25) is 0 Å². The molecule has 2 N–H and O–H groups in total. The topological polar surface area (TPSA) is 35.5 Å². The van der Waals surface area contributed by atoms with Crippen LogP contribution in [0.25, 0.3) is 0 Å². The molecule has 3 nitrogen and oxygen atoms in total. The molecule has 104 valence electrons. The van der Waals surface area contributed by atoms with Crippen LogP contribution in [0.5, 0.6) is 0 Å². The van der Waals surface area contributed by atoms with Crippen molar-refractivity contribution in [1.82, 2.24) is 10.2 Å². The van der Waals surface area contributed by atoms with Crippen LogP contribution >= 0.6 is 0 Å². The minimum Gasteiger partial charge on any atom is -0.394 e. The van der Waals surface area contributed by atoms with E-state index in [1.165, 1.54) is 0 Å². The largest absolute Gasteiger partial charge is 0.394 e. The van der Waals surface area contributed by atoms with E-state index in [0.717, 1.165) is 25.9 Å². The van der Waals surface area contributed by atoms with E-state index in [4.69, 9.17) is 0 Å². The molecule has 2 unspecified atom stereocenters. The van der Waals surface area contributed by atoms with Gasteiger partial charge in [0.05, 0.1) is 6.61 Å². The molecular formula is C14H32N2O. The molecule has 0 aromatic heterocycles. The van der Waals surface area contributed by atoms with Crippen molar-refractivity contribution in [2.24, 2.45) is 5.92 Å². The van der Waals surface area contributed by atoms with E-state index in [9.17, 15) is 5.11 Å². The highest BCUT2D eigenvalue weighted by atomic mass is 16.3. The van der Waals surface area contributed by atoms with Gasteiger partial charge in [-0.25, -0.2) is 0 Å².